The minimum absolute atomic E-state index is 0.0276. The second-order valence-electron chi connectivity index (χ2n) is 3.84. The lowest BCUT2D eigenvalue weighted by molar-refractivity contribution is 0.735. The molecule has 0 aliphatic carbocycles. The topological polar surface area (TPSA) is 72.7 Å². The van der Waals surface area contributed by atoms with Gasteiger partial charge in [-0.2, -0.15) is 0 Å². The fourth-order valence-electron chi connectivity index (χ4n) is 1.68. The van der Waals surface area contributed by atoms with Crippen LogP contribution in [0.2, 0.25) is 0 Å². The van der Waals surface area contributed by atoms with Crippen LogP contribution in [0.5, 0.6) is 0 Å². The average molecular weight is 293 g/mol. The highest BCUT2D eigenvalue weighted by Crippen LogP contribution is 2.17. The van der Waals surface area contributed by atoms with Crippen LogP contribution in [0.4, 0.5) is 5.13 Å². The van der Waals surface area contributed by atoms with Gasteiger partial charge in [0.15, 0.2) is 0 Å². The quantitative estimate of drug-likeness (QED) is 0.794. The van der Waals surface area contributed by atoms with Crippen LogP contribution in [0.25, 0.3) is 10.2 Å². The van der Waals surface area contributed by atoms with Gasteiger partial charge in [-0.05, 0) is 18.4 Å². The minimum Gasteiger partial charge on any atom is -0.360 e. The van der Waals surface area contributed by atoms with Crippen LogP contribution in [0.1, 0.15) is 11.9 Å². The fraction of sp³-hybridized carbons (Fsp3) is 0.273. The SMILES string of the molecule is CCNc1nnc(Cn2cnc3ccsc3c2=O)s1. The monoisotopic (exact) mass is 293 g/mol. The van der Waals surface area contributed by atoms with Crippen molar-refractivity contribution in [3.05, 3.63) is 33.1 Å². The average Bonchev–Trinajstić information content (AvgIpc) is 3.03. The normalized spacial score (nSPS) is 11.0. The summed E-state index contributed by atoms with van der Waals surface area (Å²) in [4.78, 5) is 16.5. The van der Waals surface area contributed by atoms with Gasteiger partial charge in [-0.25, -0.2) is 4.98 Å². The van der Waals surface area contributed by atoms with E-state index in [1.54, 1.807) is 10.9 Å². The molecular formula is C11H11N5OS2. The lowest BCUT2D eigenvalue weighted by Gasteiger charge is -2.01. The van der Waals surface area contributed by atoms with Gasteiger partial charge in [0.1, 0.15) is 9.71 Å². The van der Waals surface area contributed by atoms with E-state index in [2.05, 4.69) is 20.5 Å². The van der Waals surface area contributed by atoms with Crippen molar-refractivity contribution in [3.8, 4) is 0 Å². The summed E-state index contributed by atoms with van der Waals surface area (Å²) in [5.74, 6) is 0. The molecule has 98 valence electrons. The summed E-state index contributed by atoms with van der Waals surface area (Å²) in [5.41, 5.74) is 0.719. The predicted molar refractivity (Wildman–Crippen MR) is 77.1 cm³/mol. The van der Waals surface area contributed by atoms with E-state index in [1.165, 1.54) is 22.7 Å². The molecule has 0 saturated heterocycles. The van der Waals surface area contributed by atoms with Crippen LogP contribution < -0.4 is 10.9 Å². The van der Waals surface area contributed by atoms with E-state index >= 15 is 0 Å². The third kappa shape index (κ3) is 2.36. The van der Waals surface area contributed by atoms with E-state index in [9.17, 15) is 4.79 Å². The maximum atomic E-state index is 12.2. The molecule has 3 aromatic heterocycles. The van der Waals surface area contributed by atoms with Crippen molar-refractivity contribution in [1.82, 2.24) is 19.7 Å². The van der Waals surface area contributed by atoms with Gasteiger partial charge in [0.2, 0.25) is 5.13 Å². The molecule has 0 aliphatic heterocycles. The third-order valence-electron chi connectivity index (χ3n) is 2.54. The van der Waals surface area contributed by atoms with Crippen molar-refractivity contribution in [2.75, 3.05) is 11.9 Å². The van der Waals surface area contributed by atoms with Crippen LogP contribution in [0.3, 0.4) is 0 Å². The minimum atomic E-state index is -0.0276. The van der Waals surface area contributed by atoms with E-state index in [1.807, 2.05) is 18.4 Å². The maximum Gasteiger partial charge on any atom is 0.271 e. The molecule has 0 bridgehead atoms. The number of anilines is 1. The number of hydrogen-bond acceptors (Lipinski definition) is 7. The molecule has 3 aromatic rings. The predicted octanol–water partition coefficient (Wildman–Crippen LogP) is 1.79. The highest BCUT2D eigenvalue weighted by atomic mass is 32.1. The van der Waals surface area contributed by atoms with Crippen molar-refractivity contribution in [2.24, 2.45) is 0 Å². The third-order valence-corrected chi connectivity index (χ3v) is 4.29. The summed E-state index contributed by atoms with van der Waals surface area (Å²) >= 11 is 2.86. The molecule has 0 spiro atoms. The zero-order chi connectivity index (χ0) is 13.2. The second-order valence-corrected chi connectivity index (χ2v) is 5.82. The number of aromatic nitrogens is 4. The number of thiophene rings is 1. The van der Waals surface area contributed by atoms with E-state index in [0.717, 1.165) is 22.2 Å². The molecule has 0 radical (unpaired) electrons. The Kier molecular flexibility index (Phi) is 3.26. The Labute approximate surface area is 116 Å². The van der Waals surface area contributed by atoms with Crippen LogP contribution in [0, 0.1) is 0 Å². The number of fused-ring (bicyclic) bond motifs is 1. The second kappa shape index (κ2) is 5.06. The first-order chi connectivity index (χ1) is 9.28. The molecule has 19 heavy (non-hydrogen) atoms. The van der Waals surface area contributed by atoms with Crippen LogP contribution in [-0.2, 0) is 6.54 Å². The summed E-state index contributed by atoms with van der Waals surface area (Å²) in [7, 11) is 0. The lowest BCUT2D eigenvalue weighted by Crippen LogP contribution is -2.20. The molecule has 0 fully saturated rings. The molecule has 0 aromatic carbocycles. The van der Waals surface area contributed by atoms with Crippen molar-refractivity contribution < 1.29 is 0 Å². The van der Waals surface area contributed by atoms with E-state index in [4.69, 9.17) is 0 Å². The zero-order valence-corrected chi connectivity index (χ0v) is 11.8. The van der Waals surface area contributed by atoms with E-state index < -0.39 is 0 Å². The Morgan fingerprint density at radius 3 is 3.16 bits per heavy atom. The summed E-state index contributed by atoms with van der Waals surface area (Å²) < 4.78 is 2.24. The Hall–Kier alpha value is -1.80. The molecule has 3 rings (SSSR count). The van der Waals surface area contributed by atoms with Gasteiger partial charge in [-0.1, -0.05) is 11.3 Å². The summed E-state index contributed by atoms with van der Waals surface area (Å²) in [6.45, 7) is 3.21. The van der Waals surface area contributed by atoms with Crippen molar-refractivity contribution in [3.63, 3.8) is 0 Å². The van der Waals surface area contributed by atoms with E-state index in [0.29, 0.717) is 11.2 Å². The number of hydrogen-bond donors (Lipinski definition) is 1. The molecule has 0 atom stereocenters. The van der Waals surface area contributed by atoms with Gasteiger partial charge in [-0.3, -0.25) is 9.36 Å². The van der Waals surface area contributed by atoms with Gasteiger partial charge in [0.05, 0.1) is 18.4 Å². The van der Waals surface area contributed by atoms with E-state index in [-0.39, 0.29) is 5.56 Å². The number of nitrogens with zero attached hydrogens (tertiary/aromatic N) is 4. The molecule has 0 unspecified atom stereocenters. The Bertz CT molecular complexity index is 760. The summed E-state index contributed by atoms with van der Waals surface area (Å²) in [6.07, 6.45) is 1.56. The summed E-state index contributed by atoms with van der Waals surface area (Å²) in [6, 6.07) is 1.85. The van der Waals surface area contributed by atoms with Gasteiger partial charge in [0.25, 0.3) is 5.56 Å². The summed E-state index contributed by atoms with van der Waals surface area (Å²) in [5, 5.41) is 14.6. The fourth-order valence-corrected chi connectivity index (χ4v) is 3.28. The largest absolute Gasteiger partial charge is 0.360 e. The van der Waals surface area contributed by atoms with Gasteiger partial charge < -0.3 is 5.32 Å². The first-order valence-electron chi connectivity index (χ1n) is 5.77. The molecule has 6 nitrogen and oxygen atoms in total. The molecule has 0 amide bonds. The van der Waals surface area contributed by atoms with Crippen LogP contribution in [0.15, 0.2) is 22.6 Å². The smallest absolute Gasteiger partial charge is 0.271 e. The Balaban J connectivity index is 1.91. The molecule has 1 N–H and O–H groups in total. The Morgan fingerprint density at radius 2 is 2.32 bits per heavy atom. The molecular weight excluding hydrogens is 282 g/mol. The number of rotatable bonds is 4. The number of nitrogens with one attached hydrogen (secondary N) is 1. The van der Waals surface area contributed by atoms with Gasteiger partial charge in [0, 0.05) is 6.54 Å². The van der Waals surface area contributed by atoms with Crippen molar-refractivity contribution >= 4 is 38.0 Å². The van der Waals surface area contributed by atoms with Gasteiger partial charge in [-0.15, -0.1) is 21.5 Å². The van der Waals surface area contributed by atoms with Crippen LogP contribution in [-0.4, -0.2) is 26.3 Å². The zero-order valence-electron chi connectivity index (χ0n) is 10.2. The Morgan fingerprint density at radius 1 is 1.42 bits per heavy atom. The maximum absolute atomic E-state index is 12.2. The first-order valence-corrected chi connectivity index (χ1v) is 7.46. The highest BCUT2D eigenvalue weighted by molar-refractivity contribution is 7.17. The highest BCUT2D eigenvalue weighted by Gasteiger charge is 2.08. The molecule has 0 aliphatic rings. The molecule has 8 heteroatoms. The van der Waals surface area contributed by atoms with Crippen molar-refractivity contribution in [2.45, 2.75) is 13.5 Å². The molecule has 0 saturated carbocycles. The lowest BCUT2D eigenvalue weighted by atomic mass is 10.4. The first kappa shape index (κ1) is 12.2. The standard InChI is InChI=1S/C11H11N5OS2/c1-2-12-11-15-14-8(19-11)5-16-6-13-7-3-4-18-9(7)10(16)17/h3-4,6H,2,5H2,1H3,(H,12,15). The van der Waals surface area contributed by atoms with Gasteiger partial charge >= 0.3 is 0 Å². The van der Waals surface area contributed by atoms with Crippen LogP contribution >= 0.6 is 22.7 Å². The molecule has 3 heterocycles. The van der Waals surface area contributed by atoms with Crippen molar-refractivity contribution in [1.29, 1.82) is 0 Å².